The molecule has 3 heteroatoms. The zero-order valence-corrected chi connectivity index (χ0v) is 9.27. The monoisotopic (exact) mass is 217 g/mol. The second kappa shape index (κ2) is 5.37. The van der Waals surface area contributed by atoms with Crippen molar-refractivity contribution in [2.45, 2.75) is 13.2 Å². The molecule has 0 radical (unpaired) electrons. The molecular formula is C13H15NO2. The van der Waals surface area contributed by atoms with Gasteiger partial charge in [-0.05, 0) is 12.1 Å². The number of para-hydroxylation sites is 1. The van der Waals surface area contributed by atoms with E-state index in [0.717, 1.165) is 23.4 Å². The van der Waals surface area contributed by atoms with Crippen molar-refractivity contribution >= 4 is 5.69 Å². The Balaban J connectivity index is 2.03. The Labute approximate surface area is 95.0 Å². The summed E-state index contributed by atoms with van der Waals surface area (Å²) in [5.74, 6) is 0. The van der Waals surface area contributed by atoms with E-state index in [1.165, 1.54) is 0 Å². The van der Waals surface area contributed by atoms with Crippen molar-refractivity contribution in [3.8, 4) is 0 Å². The van der Waals surface area contributed by atoms with E-state index in [0.29, 0.717) is 6.61 Å². The van der Waals surface area contributed by atoms with Crippen LogP contribution in [0.4, 0.5) is 5.69 Å². The van der Waals surface area contributed by atoms with Crippen LogP contribution in [0, 0.1) is 0 Å². The van der Waals surface area contributed by atoms with Crippen LogP contribution in [0.1, 0.15) is 11.1 Å². The predicted octanol–water partition coefficient (Wildman–Crippen LogP) is 3.04. The number of methoxy groups -OCH3 is 1. The molecule has 2 aromatic rings. The predicted molar refractivity (Wildman–Crippen MR) is 63.2 cm³/mol. The van der Waals surface area contributed by atoms with Gasteiger partial charge in [0.2, 0.25) is 0 Å². The fourth-order valence-electron chi connectivity index (χ4n) is 1.56. The summed E-state index contributed by atoms with van der Waals surface area (Å²) in [6.45, 7) is 1.38. The molecular weight excluding hydrogens is 202 g/mol. The van der Waals surface area contributed by atoms with Crippen molar-refractivity contribution in [3.63, 3.8) is 0 Å². The maximum atomic E-state index is 5.15. The van der Waals surface area contributed by atoms with Gasteiger partial charge in [-0.2, -0.15) is 0 Å². The molecule has 1 aromatic heterocycles. The average Bonchev–Trinajstić information content (AvgIpc) is 2.81. The first kappa shape index (κ1) is 10.8. The molecule has 16 heavy (non-hydrogen) atoms. The van der Waals surface area contributed by atoms with Gasteiger partial charge in [0, 0.05) is 30.5 Å². The molecule has 0 unspecified atom stereocenters. The van der Waals surface area contributed by atoms with Gasteiger partial charge < -0.3 is 14.5 Å². The first-order chi connectivity index (χ1) is 7.90. The lowest BCUT2D eigenvalue weighted by Crippen LogP contribution is -2.02. The highest BCUT2D eigenvalue weighted by atomic mass is 16.5. The SMILES string of the molecule is COCc1ccccc1NCc1ccoc1. The summed E-state index contributed by atoms with van der Waals surface area (Å²) < 4.78 is 10.2. The van der Waals surface area contributed by atoms with E-state index in [9.17, 15) is 0 Å². The fourth-order valence-corrected chi connectivity index (χ4v) is 1.56. The van der Waals surface area contributed by atoms with Crippen LogP contribution in [0.15, 0.2) is 47.3 Å². The minimum Gasteiger partial charge on any atom is -0.472 e. The maximum absolute atomic E-state index is 5.15. The molecule has 0 amide bonds. The first-order valence-corrected chi connectivity index (χ1v) is 5.22. The van der Waals surface area contributed by atoms with Crippen LogP contribution in [0.2, 0.25) is 0 Å². The molecule has 0 aliphatic heterocycles. The van der Waals surface area contributed by atoms with Gasteiger partial charge in [0.1, 0.15) is 0 Å². The van der Waals surface area contributed by atoms with E-state index in [-0.39, 0.29) is 0 Å². The molecule has 0 atom stereocenters. The standard InChI is InChI=1S/C13H15NO2/c1-15-10-12-4-2-3-5-13(12)14-8-11-6-7-16-9-11/h2-7,9,14H,8,10H2,1H3. The molecule has 0 aliphatic carbocycles. The van der Waals surface area contributed by atoms with Crippen molar-refractivity contribution in [1.82, 2.24) is 0 Å². The zero-order chi connectivity index (χ0) is 11.2. The average molecular weight is 217 g/mol. The Kier molecular flexibility index (Phi) is 3.62. The Morgan fingerprint density at radius 1 is 1.25 bits per heavy atom. The molecule has 0 saturated carbocycles. The highest BCUT2D eigenvalue weighted by Crippen LogP contribution is 2.16. The van der Waals surface area contributed by atoms with Crippen LogP contribution < -0.4 is 5.32 Å². The molecule has 0 fully saturated rings. The van der Waals surface area contributed by atoms with Gasteiger partial charge in [-0.25, -0.2) is 0 Å². The van der Waals surface area contributed by atoms with Crippen molar-refractivity contribution in [2.75, 3.05) is 12.4 Å². The molecule has 84 valence electrons. The van der Waals surface area contributed by atoms with Gasteiger partial charge in [0.15, 0.2) is 0 Å². The number of nitrogens with one attached hydrogen (secondary N) is 1. The highest BCUT2D eigenvalue weighted by Gasteiger charge is 2.01. The number of hydrogen-bond donors (Lipinski definition) is 1. The summed E-state index contributed by atoms with van der Waals surface area (Å²) in [6, 6.07) is 10.1. The Morgan fingerprint density at radius 3 is 2.88 bits per heavy atom. The van der Waals surface area contributed by atoms with Crippen LogP contribution in [0.3, 0.4) is 0 Å². The quantitative estimate of drug-likeness (QED) is 0.835. The van der Waals surface area contributed by atoms with Crippen molar-refractivity contribution < 1.29 is 9.15 Å². The molecule has 1 heterocycles. The number of furan rings is 1. The molecule has 0 saturated heterocycles. The molecule has 2 rings (SSSR count). The lowest BCUT2D eigenvalue weighted by atomic mass is 10.2. The van der Waals surface area contributed by atoms with E-state index in [2.05, 4.69) is 17.4 Å². The van der Waals surface area contributed by atoms with Gasteiger partial charge in [-0.3, -0.25) is 0 Å². The van der Waals surface area contributed by atoms with Crippen LogP contribution >= 0.6 is 0 Å². The minimum absolute atomic E-state index is 0.620. The van der Waals surface area contributed by atoms with Crippen LogP contribution in [-0.4, -0.2) is 7.11 Å². The van der Waals surface area contributed by atoms with Gasteiger partial charge in [-0.15, -0.1) is 0 Å². The first-order valence-electron chi connectivity index (χ1n) is 5.22. The lowest BCUT2D eigenvalue weighted by molar-refractivity contribution is 0.185. The summed E-state index contributed by atoms with van der Waals surface area (Å²) in [5, 5.41) is 3.36. The summed E-state index contributed by atoms with van der Waals surface area (Å²) in [4.78, 5) is 0. The molecule has 3 nitrogen and oxygen atoms in total. The van der Waals surface area contributed by atoms with Crippen LogP contribution in [-0.2, 0) is 17.9 Å². The number of ether oxygens (including phenoxy) is 1. The minimum atomic E-state index is 0.620. The second-order valence-corrected chi connectivity index (χ2v) is 3.58. The van der Waals surface area contributed by atoms with Gasteiger partial charge in [-0.1, -0.05) is 18.2 Å². The number of rotatable bonds is 5. The van der Waals surface area contributed by atoms with Crippen LogP contribution in [0.5, 0.6) is 0 Å². The Bertz CT molecular complexity index is 423. The normalized spacial score (nSPS) is 10.3. The van der Waals surface area contributed by atoms with Crippen molar-refractivity contribution in [1.29, 1.82) is 0 Å². The highest BCUT2D eigenvalue weighted by molar-refractivity contribution is 5.51. The zero-order valence-electron chi connectivity index (χ0n) is 9.27. The summed E-state index contributed by atoms with van der Waals surface area (Å²) in [5.41, 5.74) is 3.39. The maximum Gasteiger partial charge on any atom is 0.0952 e. The van der Waals surface area contributed by atoms with E-state index in [1.54, 1.807) is 19.6 Å². The summed E-state index contributed by atoms with van der Waals surface area (Å²) >= 11 is 0. The van der Waals surface area contributed by atoms with Gasteiger partial charge in [0.05, 0.1) is 19.1 Å². The Morgan fingerprint density at radius 2 is 2.12 bits per heavy atom. The topological polar surface area (TPSA) is 34.4 Å². The Hall–Kier alpha value is -1.74. The second-order valence-electron chi connectivity index (χ2n) is 3.58. The largest absolute Gasteiger partial charge is 0.472 e. The fraction of sp³-hybridized carbons (Fsp3) is 0.231. The third kappa shape index (κ3) is 2.64. The number of benzene rings is 1. The van der Waals surface area contributed by atoms with E-state index < -0.39 is 0 Å². The molecule has 1 aromatic carbocycles. The molecule has 0 aliphatic rings. The van der Waals surface area contributed by atoms with E-state index in [4.69, 9.17) is 9.15 Å². The van der Waals surface area contributed by atoms with Crippen molar-refractivity contribution in [2.24, 2.45) is 0 Å². The van der Waals surface area contributed by atoms with Crippen LogP contribution in [0.25, 0.3) is 0 Å². The smallest absolute Gasteiger partial charge is 0.0952 e. The molecule has 0 bridgehead atoms. The van der Waals surface area contributed by atoms with Gasteiger partial charge in [0.25, 0.3) is 0 Å². The third-order valence-electron chi connectivity index (χ3n) is 2.38. The summed E-state index contributed by atoms with van der Waals surface area (Å²) in [7, 11) is 1.70. The van der Waals surface area contributed by atoms with E-state index >= 15 is 0 Å². The number of anilines is 1. The molecule has 1 N–H and O–H groups in total. The van der Waals surface area contributed by atoms with Gasteiger partial charge >= 0.3 is 0 Å². The lowest BCUT2D eigenvalue weighted by Gasteiger charge is -2.10. The van der Waals surface area contributed by atoms with Crippen molar-refractivity contribution in [3.05, 3.63) is 54.0 Å². The third-order valence-corrected chi connectivity index (χ3v) is 2.38. The number of hydrogen-bond acceptors (Lipinski definition) is 3. The summed E-state index contributed by atoms with van der Waals surface area (Å²) in [6.07, 6.45) is 3.42. The van der Waals surface area contributed by atoms with E-state index in [1.807, 2.05) is 18.2 Å². The molecule has 0 spiro atoms.